The Morgan fingerprint density at radius 1 is 1.29 bits per heavy atom. The fourth-order valence-corrected chi connectivity index (χ4v) is 1.89. The number of aryl methyl sites for hydroxylation is 2. The quantitative estimate of drug-likeness (QED) is 0.732. The molecule has 2 heteroatoms. The van der Waals surface area contributed by atoms with E-state index in [1.165, 1.54) is 16.5 Å². The van der Waals surface area contributed by atoms with Gasteiger partial charge in [-0.2, -0.15) is 0 Å². The molecule has 0 saturated heterocycles. The molecule has 1 atom stereocenters. The Balaban J connectivity index is 2.73. The molecule has 0 aliphatic rings. The van der Waals surface area contributed by atoms with Crippen LogP contribution in [0.15, 0.2) is 24.3 Å². The number of rotatable bonds is 1. The minimum atomic E-state index is -0.410. The van der Waals surface area contributed by atoms with Gasteiger partial charge in [-0.3, -0.25) is 0 Å². The first-order valence-corrected chi connectivity index (χ1v) is 4.83. The number of aromatic nitrogens is 1. The molecule has 1 heterocycles. The normalized spacial score (nSPS) is 13.4. The number of nitrogens with zero attached hydrogens (tertiary/aromatic N) is 1. The van der Waals surface area contributed by atoms with Crippen molar-refractivity contribution < 1.29 is 5.11 Å². The van der Waals surface area contributed by atoms with Gasteiger partial charge in [-0.1, -0.05) is 11.6 Å². The van der Waals surface area contributed by atoms with E-state index in [0.29, 0.717) is 0 Å². The average molecular weight is 189 g/mol. The lowest BCUT2D eigenvalue weighted by atomic mass is 10.2. The monoisotopic (exact) mass is 189 g/mol. The van der Waals surface area contributed by atoms with Crippen molar-refractivity contribution in [3.05, 3.63) is 35.5 Å². The molecule has 0 aliphatic carbocycles. The summed E-state index contributed by atoms with van der Waals surface area (Å²) in [5.41, 5.74) is 3.39. The number of aliphatic hydroxyl groups excluding tert-OH is 1. The summed E-state index contributed by atoms with van der Waals surface area (Å²) in [4.78, 5) is 0. The van der Waals surface area contributed by atoms with Crippen LogP contribution in [-0.2, 0) is 7.05 Å². The first-order chi connectivity index (χ1) is 6.59. The second-order valence-electron chi connectivity index (χ2n) is 3.87. The molecule has 0 bridgehead atoms. The van der Waals surface area contributed by atoms with Gasteiger partial charge in [0.1, 0.15) is 0 Å². The molecule has 0 amide bonds. The second kappa shape index (κ2) is 3.14. The first-order valence-electron chi connectivity index (χ1n) is 4.83. The molecule has 1 N–H and O–H groups in total. The molecule has 14 heavy (non-hydrogen) atoms. The van der Waals surface area contributed by atoms with Gasteiger partial charge in [-0.15, -0.1) is 0 Å². The van der Waals surface area contributed by atoms with Crippen molar-refractivity contribution in [2.75, 3.05) is 0 Å². The van der Waals surface area contributed by atoms with Crippen molar-refractivity contribution in [3.63, 3.8) is 0 Å². The van der Waals surface area contributed by atoms with Crippen LogP contribution in [0.3, 0.4) is 0 Å². The molecule has 2 nitrogen and oxygen atoms in total. The summed E-state index contributed by atoms with van der Waals surface area (Å²) in [6.45, 7) is 3.87. The van der Waals surface area contributed by atoms with Crippen LogP contribution >= 0.6 is 0 Å². The van der Waals surface area contributed by atoms with Gasteiger partial charge >= 0.3 is 0 Å². The van der Waals surface area contributed by atoms with Crippen molar-refractivity contribution in [2.45, 2.75) is 20.0 Å². The lowest BCUT2D eigenvalue weighted by molar-refractivity contribution is 0.191. The van der Waals surface area contributed by atoms with Gasteiger partial charge in [-0.25, -0.2) is 0 Å². The third kappa shape index (κ3) is 1.32. The van der Waals surface area contributed by atoms with E-state index >= 15 is 0 Å². The lowest BCUT2D eigenvalue weighted by Gasteiger charge is -2.05. The van der Waals surface area contributed by atoms with Gasteiger partial charge in [0.25, 0.3) is 0 Å². The number of benzene rings is 1. The molecule has 2 rings (SSSR count). The highest BCUT2D eigenvalue weighted by atomic mass is 16.3. The zero-order valence-corrected chi connectivity index (χ0v) is 8.78. The van der Waals surface area contributed by atoms with Gasteiger partial charge in [0.2, 0.25) is 0 Å². The van der Waals surface area contributed by atoms with E-state index in [1.54, 1.807) is 6.92 Å². The summed E-state index contributed by atoms with van der Waals surface area (Å²) >= 11 is 0. The molecule has 0 fully saturated rings. The Labute approximate surface area is 83.8 Å². The van der Waals surface area contributed by atoms with Gasteiger partial charge < -0.3 is 9.67 Å². The molecule has 0 aliphatic heterocycles. The largest absolute Gasteiger partial charge is 0.387 e. The topological polar surface area (TPSA) is 25.2 Å². The smallest absolute Gasteiger partial charge is 0.0912 e. The van der Waals surface area contributed by atoms with Crippen molar-refractivity contribution in [1.29, 1.82) is 0 Å². The predicted octanol–water partition coefficient (Wildman–Crippen LogP) is 2.54. The van der Waals surface area contributed by atoms with Crippen molar-refractivity contribution in [3.8, 4) is 0 Å². The molecule has 0 spiro atoms. The fraction of sp³-hybridized carbons (Fsp3) is 0.333. The van der Waals surface area contributed by atoms with E-state index in [-0.39, 0.29) is 0 Å². The van der Waals surface area contributed by atoms with E-state index in [0.717, 1.165) is 5.69 Å². The van der Waals surface area contributed by atoms with Crippen LogP contribution in [0.2, 0.25) is 0 Å². The van der Waals surface area contributed by atoms with Crippen LogP contribution in [0, 0.1) is 6.92 Å². The fourth-order valence-electron chi connectivity index (χ4n) is 1.89. The molecular weight excluding hydrogens is 174 g/mol. The Kier molecular flexibility index (Phi) is 2.08. The highest BCUT2D eigenvalue weighted by Crippen LogP contribution is 2.23. The van der Waals surface area contributed by atoms with Crippen LogP contribution in [0.5, 0.6) is 0 Å². The maximum atomic E-state index is 9.55. The third-order valence-electron chi connectivity index (χ3n) is 2.66. The van der Waals surface area contributed by atoms with Gasteiger partial charge in [-0.05, 0) is 32.0 Å². The van der Waals surface area contributed by atoms with Crippen LogP contribution in [-0.4, -0.2) is 9.67 Å². The number of hydrogen-bond donors (Lipinski definition) is 1. The van der Waals surface area contributed by atoms with E-state index in [2.05, 4.69) is 25.1 Å². The molecule has 0 saturated carbocycles. The minimum absolute atomic E-state index is 0.410. The van der Waals surface area contributed by atoms with Crippen LogP contribution in [0.4, 0.5) is 0 Å². The molecule has 74 valence electrons. The zero-order valence-electron chi connectivity index (χ0n) is 8.78. The summed E-state index contributed by atoms with van der Waals surface area (Å²) in [5, 5.41) is 10.8. The van der Waals surface area contributed by atoms with Gasteiger partial charge in [0.05, 0.1) is 6.10 Å². The maximum absolute atomic E-state index is 9.55. The van der Waals surface area contributed by atoms with Crippen molar-refractivity contribution in [1.82, 2.24) is 4.57 Å². The Hall–Kier alpha value is -1.28. The van der Waals surface area contributed by atoms with Crippen LogP contribution in [0.1, 0.15) is 24.3 Å². The number of aliphatic hydroxyl groups is 1. The second-order valence-corrected chi connectivity index (χ2v) is 3.87. The SMILES string of the molecule is Cc1ccc2c(c1)cc(C(C)O)n2C. The van der Waals surface area contributed by atoms with Crippen LogP contribution in [0.25, 0.3) is 10.9 Å². The predicted molar refractivity (Wildman–Crippen MR) is 58.3 cm³/mol. The standard InChI is InChI=1S/C12H15NO/c1-8-4-5-11-10(6-8)7-12(9(2)14)13(11)3/h4-7,9,14H,1-3H3. The maximum Gasteiger partial charge on any atom is 0.0912 e. The summed E-state index contributed by atoms with van der Waals surface area (Å²) in [6.07, 6.45) is -0.410. The molecule has 0 radical (unpaired) electrons. The summed E-state index contributed by atoms with van der Waals surface area (Å²) in [5.74, 6) is 0. The summed E-state index contributed by atoms with van der Waals surface area (Å²) in [7, 11) is 1.99. The average Bonchev–Trinajstić information content (AvgIpc) is 2.43. The molecule has 2 aromatic rings. The van der Waals surface area contributed by atoms with Crippen molar-refractivity contribution >= 4 is 10.9 Å². The summed E-state index contributed by atoms with van der Waals surface area (Å²) in [6, 6.07) is 8.37. The summed E-state index contributed by atoms with van der Waals surface area (Å²) < 4.78 is 2.04. The Morgan fingerprint density at radius 2 is 2.00 bits per heavy atom. The van der Waals surface area contributed by atoms with Gasteiger partial charge in [0.15, 0.2) is 0 Å². The number of hydrogen-bond acceptors (Lipinski definition) is 1. The Morgan fingerprint density at radius 3 is 2.64 bits per heavy atom. The van der Waals surface area contributed by atoms with Crippen LogP contribution < -0.4 is 0 Å². The Bertz CT molecular complexity index is 468. The molecular formula is C12H15NO. The van der Waals surface area contributed by atoms with E-state index < -0.39 is 6.10 Å². The zero-order chi connectivity index (χ0) is 10.3. The van der Waals surface area contributed by atoms with Crippen molar-refractivity contribution in [2.24, 2.45) is 7.05 Å². The first kappa shape index (κ1) is 9.28. The highest BCUT2D eigenvalue weighted by Gasteiger charge is 2.09. The number of fused-ring (bicyclic) bond motifs is 1. The minimum Gasteiger partial charge on any atom is -0.387 e. The van der Waals surface area contributed by atoms with Gasteiger partial charge in [0, 0.05) is 23.6 Å². The van der Waals surface area contributed by atoms with E-state index in [9.17, 15) is 5.11 Å². The lowest BCUT2D eigenvalue weighted by Crippen LogP contribution is -1.99. The molecule has 1 unspecified atom stereocenters. The molecule has 1 aromatic carbocycles. The molecule has 1 aromatic heterocycles. The highest BCUT2D eigenvalue weighted by molar-refractivity contribution is 5.82. The van der Waals surface area contributed by atoms with E-state index in [4.69, 9.17) is 0 Å². The van der Waals surface area contributed by atoms with E-state index in [1.807, 2.05) is 17.7 Å². The third-order valence-corrected chi connectivity index (χ3v) is 2.66.